The number of H-pyrrole nitrogens is 1. The first-order chi connectivity index (χ1) is 8.22. The minimum Gasteiger partial charge on any atom is -0.396 e. The summed E-state index contributed by atoms with van der Waals surface area (Å²) in [4.78, 5) is 14.1. The number of para-hydroxylation sites is 1. The number of rotatable bonds is 4. The molecule has 5 nitrogen and oxygen atoms in total. The fraction of sp³-hybridized carbons (Fsp3) is 0.273. The van der Waals surface area contributed by atoms with Crippen molar-refractivity contribution in [1.29, 1.82) is 0 Å². The number of nitrogens with zero attached hydrogens (tertiary/aromatic N) is 2. The van der Waals surface area contributed by atoms with Gasteiger partial charge in [-0.15, -0.1) is 0 Å². The molecule has 1 aromatic heterocycles. The van der Waals surface area contributed by atoms with Crippen LogP contribution >= 0.6 is 0 Å². The second-order valence-electron chi connectivity index (χ2n) is 3.57. The molecule has 0 amide bonds. The molecule has 1 aromatic carbocycles. The first-order valence-electron chi connectivity index (χ1n) is 5.26. The minimum absolute atomic E-state index is 0.0224. The molecule has 0 aliphatic rings. The Morgan fingerprint density at radius 1 is 1.41 bits per heavy atom. The molecule has 0 saturated carbocycles. The van der Waals surface area contributed by atoms with Crippen LogP contribution in [0.15, 0.2) is 29.1 Å². The van der Waals surface area contributed by atoms with Crippen molar-refractivity contribution < 1.29 is 9.50 Å². The van der Waals surface area contributed by atoms with Crippen LogP contribution in [0.1, 0.15) is 12.2 Å². The Kier molecular flexibility index (Phi) is 3.34. The van der Waals surface area contributed by atoms with E-state index in [4.69, 9.17) is 5.11 Å². The highest BCUT2D eigenvalue weighted by atomic mass is 19.1. The molecular formula is C11H12FN3O2. The number of hydrogen-bond donors (Lipinski definition) is 2. The maximum atomic E-state index is 13.5. The van der Waals surface area contributed by atoms with Crippen LogP contribution in [-0.2, 0) is 6.42 Å². The molecule has 0 saturated heterocycles. The average molecular weight is 237 g/mol. The average Bonchev–Trinajstić information content (AvgIpc) is 2.68. The van der Waals surface area contributed by atoms with Gasteiger partial charge in [0.15, 0.2) is 0 Å². The molecule has 17 heavy (non-hydrogen) atoms. The number of aliphatic hydroxyl groups excluding tert-OH is 1. The Balaban J connectivity index is 2.37. The fourth-order valence-corrected chi connectivity index (χ4v) is 1.51. The van der Waals surface area contributed by atoms with Crippen LogP contribution in [0.25, 0.3) is 5.69 Å². The van der Waals surface area contributed by atoms with E-state index in [0.717, 1.165) is 4.68 Å². The Labute approximate surface area is 96.5 Å². The summed E-state index contributed by atoms with van der Waals surface area (Å²) >= 11 is 0. The Bertz CT molecular complexity index is 562. The summed E-state index contributed by atoms with van der Waals surface area (Å²) in [6, 6.07) is 5.92. The molecule has 1 heterocycles. The summed E-state index contributed by atoms with van der Waals surface area (Å²) in [6.45, 7) is 0.0224. The van der Waals surface area contributed by atoms with Crippen LogP contribution in [0.2, 0.25) is 0 Å². The van der Waals surface area contributed by atoms with Gasteiger partial charge < -0.3 is 5.11 Å². The molecule has 0 unspecified atom stereocenters. The van der Waals surface area contributed by atoms with Crippen molar-refractivity contribution >= 4 is 0 Å². The quantitative estimate of drug-likeness (QED) is 0.819. The largest absolute Gasteiger partial charge is 0.396 e. The standard InChI is InChI=1S/C11H12FN3O2/c12-8-4-1-2-5-9(8)15-11(17)13-10(14-15)6-3-7-16/h1-2,4-5,16H,3,6-7H2,(H,13,14,17). The second kappa shape index (κ2) is 4.92. The van der Waals surface area contributed by atoms with Gasteiger partial charge in [-0.3, -0.25) is 4.98 Å². The smallest absolute Gasteiger partial charge is 0.348 e. The number of hydrogen-bond acceptors (Lipinski definition) is 3. The van der Waals surface area contributed by atoms with E-state index in [9.17, 15) is 9.18 Å². The zero-order chi connectivity index (χ0) is 12.3. The number of aliphatic hydroxyl groups is 1. The number of benzene rings is 1. The molecule has 0 aliphatic heterocycles. The molecule has 2 N–H and O–H groups in total. The van der Waals surface area contributed by atoms with Crippen molar-refractivity contribution in [2.24, 2.45) is 0 Å². The third-order valence-corrected chi connectivity index (χ3v) is 2.32. The Morgan fingerprint density at radius 3 is 2.88 bits per heavy atom. The lowest BCUT2D eigenvalue weighted by Gasteiger charge is -1.99. The zero-order valence-electron chi connectivity index (χ0n) is 9.06. The third kappa shape index (κ3) is 2.42. The van der Waals surface area contributed by atoms with Crippen molar-refractivity contribution in [3.63, 3.8) is 0 Å². The van der Waals surface area contributed by atoms with Gasteiger partial charge in [-0.1, -0.05) is 12.1 Å². The van der Waals surface area contributed by atoms with Crippen LogP contribution in [-0.4, -0.2) is 26.5 Å². The SMILES string of the molecule is O=c1[nH]c(CCCO)nn1-c1ccccc1F. The molecule has 0 aliphatic carbocycles. The van der Waals surface area contributed by atoms with Gasteiger partial charge in [0.25, 0.3) is 0 Å². The minimum atomic E-state index is -0.505. The summed E-state index contributed by atoms with van der Waals surface area (Å²) in [6.07, 6.45) is 0.956. The molecule has 90 valence electrons. The Morgan fingerprint density at radius 2 is 2.18 bits per heavy atom. The van der Waals surface area contributed by atoms with E-state index in [1.54, 1.807) is 12.1 Å². The van der Waals surface area contributed by atoms with Gasteiger partial charge in [0.2, 0.25) is 0 Å². The molecule has 0 spiro atoms. The van der Waals surface area contributed by atoms with Gasteiger partial charge in [0.05, 0.1) is 0 Å². The lowest BCUT2D eigenvalue weighted by Crippen LogP contribution is -2.17. The van der Waals surface area contributed by atoms with E-state index in [0.29, 0.717) is 18.7 Å². The Hall–Kier alpha value is -1.95. The van der Waals surface area contributed by atoms with Gasteiger partial charge in [-0.25, -0.2) is 9.18 Å². The highest BCUT2D eigenvalue weighted by Crippen LogP contribution is 2.09. The number of aryl methyl sites for hydroxylation is 1. The van der Waals surface area contributed by atoms with Crippen molar-refractivity contribution in [2.75, 3.05) is 6.61 Å². The number of halogens is 1. The molecule has 0 fully saturated rings. The lowest BCUT2D eigenvalue weighted by molar-refractivity contribution is 0.287. The zero-order valence-corrected chi connectivity index (χ0v) is 9.06. The normalized spacial score (nSPS) is 10.7. The third-order valence-electron chi connectivity index (χ3n) is 2.32. The summed E-state index contributed by atoms with van der Waals surface area (Å²) in [5, 5.41) is 12.7. The summed E-state index contributed by atoms with van der Waals surface area (Å²) < 4.78 is 14.5. The van der Waals surface area contributed by atoms with E-state index >= 15 is 0 Å². The second-order valence-corrected chi connectivity index (χ2v) is 3.57. The van der Waals surface area contributed by atoms with E-state index in [2.05, 4.69) is 10.1 Å². The van der Waals surface area contributed by atoms with Crippen LogP contribution < -0.4 is 5.69 Å². The predicted molar refractivity (Wildman–Crippen MR) is 59.5 cm³/mol. The van der Waals surface area contributed by atoms with Crippen LogP contribution in [0.3, 0.4) is 0 Å². The van der Waals surface area contributed by atoms with Gasteiger partial charge >= 0.3 is 5.69 Å². The molecule has 0 atom stereocenters. The molecule has 0 radical (unpaired) electrons. The first-order valence-corrected chi connectivity index (χ1v) is 5.26. The molecular weight excluding hydrogens is 225 g/mol. The number of nitrogens with one attached hydrogen (secondary N) is 1. The van der Waals surface area contributed by atoms with Gasteiger partial charge in [0.1, 0.15) is 17.3 Å². The van der Waals surface area contributed by atoms with Crippen LogP contribution in [0.5, 0.6) is 0 Å². The highest BCUT2D eigenvalue weighted by Gasteiger charge is 2.10. The molecule has 6 heteroatoms. The topological polar surface area (TPSA) is 70.9 Å². The highest BCUT2D eigenvalue weighted by molar-refractivity contribution is 5.31. The summed E-state index contributed by atoms with van der Waals surface area (Å²) in [5.74, 6) is -0.0675. The molecule has 0 bridgehead atoms. The monoisotopic (exact) mass is 237 g/mol. The van der Waals surface area contributed by atoms with Gasteiger partial charge in [-0.05, 0) is 18.6 Å². The predicted octanol–water partition coefficient (Wildman–Crippen LogP) is 0.625. The molecule has 2 rings (SSSR count). The summed E-state index contributed by atoms with van der Waals surface area (Å²) in [7, 11) is 0. The van der Waals surface area contributed by atoms with E-state index in [1.165, 1.54) is 12.1 Å². The van der Waals surface area contributed by atoms with Gasteiger partial charge in [0, 0.05) is 13.0 Å². The first kappa shape index (κ1) is 11.5. The van der Waals surface area contributed by atoms with Crippen molar-refractivity contribution in [3.05, 3.63) is 46.4 Å². The van der Waals surface area contributed by atoms with Crippen molar-refractivity contribution in [2.45, 2.75) is 12.8 Å². The lowest BCUT2D eigenvalue weighted by atomic mass is 10.3. The van der Waals surface area contributed by atoms with E-state index in [1.807, 2.05) is 0 Å². The fourth-order valence-electron chi connectivity index (χ4n) is 1.51. The summed E-state index contributed by atoms with van der Waals surface area (Å²) in [5.41, 5.74) is -0.368. The van der Waals surface area contributed by atoms with Gasteiger partial charge in [-0.2, -0.15) is 9.78 Å². The maximum Gasteiger partial charge on any atom is 0.348 e. The van der Waals surface area contributed by atoms with Crippen LogP contribution in [0.4, 0.5) is 4.39 Å². The van der Waals surface area contributed by atoms with Crippen molar-refractivity contribution in [3.8, 4) is 5.69 Å². The maximum absolute atomic E-state index is 13.5. The van der Waals surface area contributed by atoms with E-state index < -0.39 is 11.5 Å². The van der Waals surface area contributed by atoms with Crippen LogP contribution in [0, 0.1) is 5.82 Å². The number of aromatic amines is 1. The van der Waals surface area contributed by atoms with E-state index in [-0.39, 0.29) is 12.3 Å². The van der Waals surface area contributed by atoms with Crippen molar-refractivity contribution in [1.82, 2.24) is 14.8 Å². The number of aromatic nitrogens is 3. The molecule has 2 aromatic rings.